The number of piperidine rings is 1. The summed E-state index contributed by atoms with van der Waals surface area (Å²) in [7, 11) is 0. The van der Waals surface area contributed by atoms with Crippen LogP contribution in [0.4, 0.5) is 0 Å². The van der Waals surface area contributed by atoms with Crippen LogP contribution in [0.25, 0.3) is 0 Å². The Morgan fingerprint density at radius 2 is 1.76 bits per heavy atom. The van der Waals surface area contributed by atoms with Crippen LogP contribution in [0.15, 0.2) is 18.2 Å². The lowest BCUT2D eigenvalue weighted by Gasteiger charge is -2.30. The first-order chi connectivity index (χ1) is 8.09. The Kier molecular flexibility index (Phi) is 3.22. The lowest BCUT2D eigenvalue weighted by atomic mass is 9.98. The van der Waals surface area contributed by atoms with Crippen LogP contribution in [0.3, 0.4) is 0 Å². The predicted molar refractivity (Wildman–Crippen MR) is 64.1 cm³/mol. The van der Waals surface area contributed by atoms with Gasteiger partial charge >= 0.3 is 0 Å². The number of benzene rings is 1. The molecule has 4 heteroatoms. The average Bonchev–Trinajstić information content (AvgIpc) is 2.29. The minimum absolute atomic E-state index is 0.0158. The predicted octanol–water partition coefficient (Wildman–Crippen LogP) is 1.97. The number of phenolic OH excluding ortho intramolecular Hbond substituents is 2. The summed E-state index contributed by atoms with van der Waals surface area (Å²) in [5.41, 5.74) is 0.0158. The van der Waals surface area contributed by atoms with Gasteiger partial charge in [0.15, 0.2) is 0 Å². The van der Waals surface area contributed by atoms with Crippen molar-refractivity contribution >= 4 is 5.91 Å². The summed E-state index contributed by atoms with van der Waals surface area (Å²) < 4.78 is 0. The Morgan fingerprint density at radius 3 is 2.29 bits per heavy atom. The van der Waals surface area contributed by atoms with E-state index in [0.29, 0.717) is 19.0 Å². The second kappa shape index (κ2) is 4.65. The quantitative estimate of drug-likeness (QED) is 0.782. The van der Waals surface area contributed by atoms with Crippen LogP contribution < -0.4 is 0 Å². The van der Waals surface area contributed by atoms with Gasteiger partial charge in [-0.05, 0) is 30.9 Å². The minimum atomic E-state index is -0.285. The highest BCUT2D eigenvalue weighted by Gasteiger charge is 2.25. The number of likely N-dealkylation sites (tertiary alicyclic amines) is 1. The maximum absolute atomic E-state index is 12.2. The largest absolute Gasteiger partial charge is 0.507 e. The first-order valence-corrected chi connectivity index (χ1v) is 5.90. The van der Waals surface area contributed by atoms with Gasteiger partial charge in [-0.15, -0.1) is 0 Å². The SMILES string of the molecule is CC1CCN(C(=O)c2c(O)cccc2O)CC1. The molecule has 0 radical (unpaired) electrons. The number of hydrogen-bond donors (Lipinski definition) is 2. The Labute approximate surface area is 100 Å². The molecule has 92 valence electrons. The van der Waals surface area contributed by atoms with Crippen molar-refractivity contribution in [3.63, 3.8) is 0 Å². The molecule has 1 amide bonds. The second-order valence-corrected chi connectivity index (χ2v) is 4.65. The molecule has 4 nitrogen and oxygen atoms in total. The number of amides is 1. The average molecular weight is 235 g/mol. The first kappa shape index (κ1) is 11.8. The van der Waals surface area contributed by atoms with Crippen LogP contribution >= 0.6 is 0 Å². The zero-order chi connectivity index (χ0) is 12.4. The summed E-state index contributed by atoms with van der Waals surface area (Å²) in [5.74, 6) is 0.0340. The number of hydrogen-bond acceptors (Lipinski definition) is 3. The number of nitrogens with zero attached hydrogens (tertiary/aromatic N) is 1. The smallest absolute Gasteiger partial charge is 0.261 e. The van der Waals surface area contributed by atoms with Gasteiger partial charge in [0.25, 0.3) is 5.91 Å². The molecule has 1 aliphatic rings. The fourth-order valence-electron chi connectivity index (χ4n) is 2.12. The standard InChI is InChI=1S/C13H17NO3/c1-9-5-7-14(8-6-9)13(17)12-10(15)3-2-4-11(12)16/h2-4,9,15-16H,5-8H2,1H3. The Balaban J connectivity index is 2.20. The third-order valence-electron chi connectivity index (χ3n) is 3.31. The van der Waals surface area contributed by atoms with Gasteiger partial charge in [-0.3, -0.25) is 4.79 Å². The van der Waals surface area contributed by atoms with Crippen LogP contribution in [0.5, 0.6) is 11.5 Å². The number of carbonyl (C=O) groups excluding carboxylic acids is 1. The van der Waals surface area contributed by atoms with E-state index in [1.165, 1.54) is 18.2 Å². The molecule has 1 aromatic carbocycles. The molecular formula is C13H17NO3. The molecule has 17 heavy (non-hydrogen) atoms. The molecule has 2 rings (SSSR count). The van der Waals surface area contributed by atoms with Crippen molar-refractivity contribution in [2.75, 3.05) is 13.1 Å². The minimum Gasteiger partial charge on any atom is -0.507 e. The van der Waals surface area contributed by atoms with Crippen LogP contribution in [0, 0.1) is 5.92 Å². The topological polar surface area (TPSA) is 60.8 Å². The van der Waals surface area contributed by atoms with E-state index in [2.05, 4.69) is 6.92 Å². The van der Waals surface area contributed by atoms with Crippen molar-refractivity contribution in [2.45, 2.75) is 19.8 Å². The van der Waals surface area contributed by atoms with Gasteiger partial charge in [0, 0.05) is 13.1 Å². The molecule has 0 bridgehead atoms. The van der Waals surface area contributed by atoms with Crippen LogP contribution in [-0.4, -0.2) is 34.1 Å². The third-order valence-corrected chi connectivity index (χ3v) is 3.31. The molecule has 0 aromatic heterocycles. The van der Waals surface area contributed by atoms with E-state index in [1.54, 1.807) is 4.90 Å². The fraction of sp³-hybridized carbons (Fsp3) is 0.462. The first-order valence-electron chi connectivity index (χ1n) is 5.90. The molecule has 0 aliphatic carbocycles. The highest BCUT2D eigenvalue weighted by Crippen LogP contribution is 2.29. The lowest BCUT2D eigenvalue weighted by molar-refractivity contribution is 0.0691. The summed E-state index contributed by atoms with van der Waals surface area (Å²) in [6, 6.07) is 4.35. The summed E-state index contributed by atoms with van der Waals surface area (Å²) in [5, 5.41) is 19.3. The van der Waals surface area contributed by atoms with Gasteiger partial charge in [0.2, 0.25) is 0 Å². The number of rotatable bonds is 1. The van der Waals surface area contributed by atoms with Gasteiger partial charge in [0.1, 0.15) is 17.1 Å². The Morgan fingerprint density at radius 1 is 1.24 bits per heavy atom. The van der Waals surface area contributed by atoms with Crippen LogP contribution in [-0.2, 0) is 0 Å². The maximum Gasteiger partial charge on any atom is 0.261 e. The van der Waals surface area contributed by atoms with E-state index < -0.39 is 0 Å². The van der Waals surface area contributed by atoms with Crippen molar-refractivity contribution in [1.82, 2.24) is 4.90 Å². The highest BCUT2D eigenvalue weighted by molar-refractivity contribution is 5.99. The molecule has 1 saturated heterocycles. The Hall–Kier alpha value is -1.71. The van der Waals surface area contributed by atoms with Crippen LogP contribution in [0.1, 0.15) is 30.1 Å². The fourth-order valence-corrected chi connectivity index (χ4v) is 2.12. The molecule has 0 saturated carbocycles. The van der Waals surface area contributed by atoms with E-state index in [0.717, 1.165) is 12.8 Å². The Bertz CT molecular complexity index is 402. The molecule has 2 N–H and O–H groups in total. The van der Waals surface area contributed by atoms with Crippen molar-refractivity contribution in [3.8, 4) is 11.5 Å². The van der Waals surface area contributed by atoms with E-state index >= 15 is 0 Å². The van der Waals surface area contributed by atoms with Gasteiger partial charge in [-0.1, -0.05) is 13.0 Å². The van der Waals surface area contributed by atoms with E-state index in [9.17, 15) is 15.0 Å². The molecular weight excluding hydrogens is 218 g/mol. The monoisotopic (exact) mass is 235 g/mol. The van der Waals surface area contributed by atoms with Crippen molar-refractivity contribution in [1.29, 1.82) is 0 Å². The molecule has 0 spiro atoms. The summed E-state index contributed by atoms with van der Waals surface area (Å²) in [4.78, 5) is 13.8. The van der Waals surface area contributed by atoms with E-state index in [-0.39, 0.29) is 23.0 Å². The zero-order valence-electron chi connectivity index (χ0n) is 9.89. The van der Waals surface area contributed by atoms with Gasteiger partial charge in [0.05, 0.1) is 0 Å². The molecule has 0 atom stereocenters. The van der Waals surface area contributed by atoms with E-state index in [1.807, 2.05) is 0 Å². The van der Waals surface area contributed by atoms with Crippen molar-refractivity contribution in [3.05, 3.63) is 23.8 Å². The third kappa shape index (κ3) is 2.35. The maximum atomic E-state index is 12.2. The summed E-state index contributed by atoms with van der Waals surface area (Å²) in [6.45, 7) is 3.54. The lowest BCUT2D eigenvalue weighted by Crippen LogP contribution is -2.37. The van der Waals surface area contributed by atoms with Crippen LogP contribution in [0.2, 0.25) is 0 Å². The van der Waals surface area contributed by atoms with Crippen molar-refractivity contribution in [2.24, 2.45) is 5.92 Å². The number of aromatic hydroxyl groups is 2. The molecule has 1 aromatic rings. The number of carbonyl (C=O) groups is 1. The summed E-state index contributed by atoms with van der Waals surface area (Å²) >= 11 is 0. The molecule has 0 unspecified atom stereocenters. The zero-order valence-corrected chi connectivity index (χ0v) is 9.89. The second-order valence-electron chi connectivity index (χ2n) is 4.65. The van der Waals surface area contributed by atoms with Gasteiger partial charge in [-0.2, -0.15) is 0 Å². The van der Waals surface area contributed by atoms with Gasteiger partial charge < -0.3 is 15.1 Å². The number of phenols is 2. The normalized spacial score (nSPS) is 17.1. The molecule has 1 aliphatic heterocycles. The molecule has 1 heterocycles. The summed E-state index contributed by atoms with van der Waals surface area (Å²) in [6.07, 6.45) is 1.94. The van der Waals surface area contributed by atoms with E-state index in [4.69, 9.17) is 0 Å². The van der Waals surface area contributed by atoms with Crippen molar-refractivity contribution < 1.29 is 15.0 Å². The molecule has 1 fully saturated rings. The van der Waals surface area contributed by atoms with Gasteiger partial charge in [-0.25, -0.2) is 0 Å². The highest BCUT2D eigenvalue weighted by atomic mass is 16.3.